The minimum absolute atomic E-state index is 0. The van der Waals surface area contributed by atoms with Gasteiger partial charge in [0, 0.05) is 26.0 Å². The van der Waals surface area contributed by atoms with E-state index in [9.17, 15) is 5.11 Å². The fraction of sp³-hybridized carbons (Fsp3) is 0.400. The molecule has 0 aliphatic carbocycles. The van der Waals surface area contributed by atoms with Crippen LogP contribution in [0.25, 0.3) is 0 Å². The molecule has 0 spiro atoms. The number of aliphatic hydroxyl groups is 1. The van der Waals surface area contributed by atoms with Gasteiger partial charge >= 0.3 is 0 Å². The summed E-state index contributed by atoms with van der Waals surface area (Å²) in [4.78, 5) is 4.51. The van der Waals surface area contributed by atoms with Gasteiger partial charge in [-0.2, -0.15) is 0 Å². The SMILES string of the molecule is CCC(C)c1ccccc1OCC(O)CNC(c1cccc(OC)c1)c1nccn1C.Cl. The minimum atomic E-state index is -0.668. The number of imidazole rings is 1. The summed E-state index contributed by atoms with van der Waals surface area (Å²) in [5.41, 5.74) is 2.19. The predicted molar refractivity (Wildman–Crippen MR) is 130 cm³/mol. The van der Waals surface area contributed by atoms with E-state index in [0.717, 1.165) is 29.3 Å². The Morgan fingerprint density at radius 3 is 2.62 bits per heavy atom. The Hall–Kier alpha value is -2.54. The van der Waals surface area contributed by atoms with Crippen molar-refractivity contribution in [2.45, 2.75) is 38.3 Å². The number of rotatable bonds is 11. The molecular weight excluding hydrogens is 426 g/mol. The molecule has 0 fully saturated rings. The van der Waals surface area contributed by atoms with Gasteiger partial charge in [-0.1, -0.05) is 44.2 Å². The second-order valence-electron chi connectivity index (χ2n) is 7.83. The molecule has 7 heteroatoms. The average Bonchev–Trinajstić information content (AvgIpc) is 3.23. The zero-order chi connectivity index (χ0) is 22.2. The van der Waals surface area contributed by atoms with E-state index < -0.39 is 6.10 Å². The second kappa shape index (κ2) is 12.5. The molecule has 3 aromatic rings. The lowest BCUT2D eigenvalue weighted by molar-refractivity contribution is 0.104. The molecular formula is C25H34ClN3O3. The van der Waals surface area contributed by atoms with Crippen LogP contribution in [0.1, 0.15) is 49.2 Å². The molecule has 1 heterocycles. The Morgan fingerprint density at radius 1 is 1.16 bits per heavy atom. The smallest absolute Gasteiger partial charge is 0.130 e. The normalized spacial score (nSPS) is 13.7. The van der Waals surface area contributed by atoms with E-state index in [1.807, 2.05) is 60.3 Å². The molecule has 1 aromatic heterocycles. The number of nitrogens with zero attached hydrogens (tertiary/aromatic N) is 2. The first-order valence-electron chi connectivity index (χ1n) is 10.8. The third kappa shape index (κ3) is 6.48. The zero-order valence-electron chi connectivity index (χ0n) is 19.2. The molecule has 3 unspecified atom stereocenters. The van der Waals surface area contributed by atoms with Crippen LogP contribution in [0.4, 0.5) is 0 Å². The Bertz CT molecular complexity index is 963. The number of para-hydroxylation sites is 1. The van der Waals surface area contributed by atoms with Crippen LogP contribution in [0.2, 0.25) is 0 Å². The number of aliphatic hydroxyl groups excluding tert-OH is 1. The molecule has 32 heavy (non-hydrogen) atoms. The lowest BCUT2D eigenvalue weighted by atomic mass is 9.98. The van der Waals surface area contributed by atoms with Gasteiger partial charge in [0.05, 0.1) is 13.2 Å². The summed E-state index contributed by atoms with van der Waals surface area (Å²) in [7, 11) is 3.61. The lowest BCUT2D eigenvalue weighted by Crippen LogP contribution is -2.35. The predicted octanol–water partition coefficient (Wildman–Crippen LogP) is 4.48. The van der Waals surface area contributed by atoms with Crippen LogP contribution >= 0.6 is 12.4 Å². The number of methoxy groups -OCH3 is 1. The van der Waals surface area contributed by atoms with E-state index in [1.54, 1.807) is 13.3 Å². The van der Waals surface area contributed by atoms with E-state index in [-0.39, 0.29) is 25.1 Å². The van der Waals surface area contributed by atoms with Crippen LogP contribution in [0.3, 0.4) is 0 Å². The number of benzene rings is 2. The Balaban J connectivity index is 0.00000363. The molecule has 0 bridgehead atoms. The summed E-state index contributed by atoms with van der Waals surface area (Å²) in [6.07, 6.45) is 4.06. The van der Waals surface area contributed by atoms with Crippen LogP contribution in [0.5, 0.6) is 11.5 Å². The van der Waals surface area contributed by atoms with Gasteiger partial charge in [-0.05, 0) is 41.7 Å². The van der Waals surface area contributed by atoms with Crippen LogP contribution in [0.15, 0.2) is 60.9 Å². The minimum Gasteiger partial charge on any atom is -0.497 e. The first kappa shape index (κ1) is 25.7. The number of nitrogens with one attached hydrogen (secondary N) is 1. The van der Waals surface area contributed by atoms with E-state index in [0.29, 0.717) is 12.5 Å². The summed E-state index contributed by atoms with van der Waals surface area (Å²) in [6.45, 7) is 4.92. The van der Waals surface area contributed by atoms with Gasteiger partial charge in [-0.15, -0.1) is 12.4 Å². The highest BCUT2D eigenvalue weighted by molar-refractivity contribution is 5.85. The number of hydrogen-bond acceptors (Lipinski definition) is 5. The summed E-state index contributed by atoms with van der Waals surface area (Å²) >= 11 is 0. The summed E-state index contributed by atoms with van der Waals surface area (Å²) in [5.74, 6) is 2.89. The van der Waals surface area contributed by atoms with Crippen molar-refractivity contribution in [1.82, 2.24) is 14.9 Å². The van der Waals surface area contributed by atoms with E-state index in [1.165, 1.54) is 5.56 Å². The number of aryl methyl sites for hydroxylation is 1. The van der Waals surface area contributed by atoms with Crippen molar-refractivity contribution in [2.24, 2.45) is 7.05 Å². The maximum atomic E-state index is 10.6. The Morgan fingerprint density at radius 2 is 1.94 bits per heavy atom. The zero-order valence-corrected chi connectivity index (χ0v) is 20.0. The number of aromatic nitrogens is 2. The molecule has 0 amide bonds. The van der Waals surface area contributed by atoms with Gasteiger partial charge in [0.1, 0.15) is 30.0 Å². The third-order valence-electron chi connectivity index (χ3n) is 5.59. The van der Waals surface area contributed by atoms with E-state index >= 15 is 0 Å². The van der Waals surface area contributed by atoms with Gasteiger partial charge in [-0.3, -0.25) is 0 Å². The molecule has 2 N–H and O–H groups in total. The summed E-state index contributed by atoms with van der Waals surface area (Å²) in [5, 5.41) is 14.1. The van der Waals surface area contributed by atoms with Crippen molar-refractivity contribution in [2.75, 3.05) is 20.3 Å². The molecule has 0 radical (unpaired) electrons. The highest BCUT2D eigenvalue weighted by Crippen LogP contribution is 2.28. The first-order chi connectivity index (χ1) is 15.0. The molecule has 0 saturated heterocycles. The lowest BCUT2D eigenvalue weighted by Gasteiger charge is -2.22. The molecule has 2 aromatic carbocycles. The van der Waals surface area contributed by atoms with Crippen molar-refractivity contribution in [1.29, 1.82) is 0 Å². The molecule has 3 rings (SSSR count). The highest BCUT2D eigenvalue weighted by atomic mass is 35.5. The van der Waals surface area contributed by atoms with Gasteiger partial charge in [0.2, 0.25) is 0 Å². The van der Waals surface area contributed by atoms with Crippen molar-refractivity contribution in [3.8, 4) is 11.5 Å². The monoisotopic (exact) mass is 459 g/mol. The van der Waals surface area contributed by atoms with Crippen LogP contribution < -0.4 is 14.8 Å². The molecule has 0 aliphatic rings. The van der Waals surface area contributed by atoms with Crippen molar-refractivity contribution < 1.29 is 14.6 Å². The first-order valence-corrected chi connectivity index (χ1v) is 10.8. The number of ether oxygens (including phenoxy) is 2. The third-order valence-corrected chi connectivity index (χ3v) is 5.59. The van der Waals surface area contributed by atoms with Crippen LogP contribution in [-0.4, -0.2) is 41.0 Å². The van der Waals surface area contributed by atoms with E-state index in [2.05, 4.69) is 30.2 Å². The van der Waals surface area contributed by atoms with Gasteiger partial charge in [0.25, 0.3) is 0 Å². The summed E-state index contributed by atoms with van der Waals surface area (Å²) in [6, 6.07) is 15.7. The second-order valence-corrected chi connectivity index (χ2v) is 7.83. The molecule has 0 aliphatic heterocycles. The molecule has 6 nitrogen and oxygen atoms in total. The maximum absolute atomic E-state index is 10.6. The molecule has 174 valence electrons. The Labute approximate surface area is 197 Å². The summed E-state index contributed by atoms with van der Waals surface area (Å²) < 4.78 is 13.3. The quantitative estimate of drug-likeness (QED) is 0.442. The molecule has 0 saturated carbocycles. The van der Waals surface area contributed by atoms with Crippen molar-refractivity contribution in [3.63, 3.8) is 0 Å². The van der Waals surface area contributed by atoms with Crippen LogP contribution in [0, 0.1) is 0 Å². The fourth-order valence-corrected chi connectivity index (χ4v) is 3.57. The largest absolute Gasteiger partial charge is 0.497 e. The van der Waals surface area contributed by atoms with E-state index in [4.69, 9.17) is 9.47 Å². The van der Waals surface area contributed by atoms with Crippen molar-refractivity contribution in [3.05, 3.63) is 77.9 Å². The van der Waals surface area contributed by atoms with Crippen molar-refractivity contribution >= 4 is 12.4 Å². The number of halogens is 1. The Kier molecular flexibility index (Phi) is 10.0. The fourth-order valence-electron chi connectivity index (χ4n) is 3.57. The number of hydrogen-bond donors (Lipinski definition) is 2. The van der Waals surface area contributed by atoms with Crippen LogP contribution in [-0.2, 0) is 7.05 Å². The van der Waals surface area contributed by atoms with Gasteiger partial charge < -0.3 is 24.5 Å². The van der Waals surface area contributed by atoms with Gasteiger partial charge in [0.15, 0.2) is 0 Å². The maximum Gasteiger partial charge on any atom is 0.130 e. The topological polar surface area (TPSA) is 68.5 Å². The van der Waals surface area contributed by atoms with Gasteiger partial charge in [-0.25, -0.2) is 4.98 Å². The standard InChI is InChI=1S/C25H33N3O3.ClH/c1-5-18(2)22-11-6-7-12-23(22)31-17-20(29)16-27-24(25-26-13-14-28(25)3)19-9-8-10-21(15-19)30-4;/h6-15,18,20,24,27,29H,5,16-17H2,1-4H3;1H. The molecule has 3 atom stereocenters. The average molecular weight is 460 g/mol. The highest BCUT2D eigenvalue weighted by Gasteiger charge is 2.20.